The van der Waals surface area contributed by atoms with Crippen LogP contribution in [0.5, 0.6) is 0 Å². The van der Waals surface area contributed by atoms with Crippen LogP contribution in [-0.4, -0.2) is 15.7 Å². The molecule has 2 N–H and O–H groups in total. The number of hydrogen-bond donors (Lipinski definition) is 1. The number of benzene rings is 1. The fourth-order valence-electron chi connectivity index (χ4n) is 1.40. The van der Waals surface area contributed by atoms with Crippen molar-refractivity contribution in [2.75, 3.05) is 0 Å². The van der Waals surface area contributed by atoms with Gasteiger partial charge in [0.2, 0.25) is 5.91 Å². The van der Waals surface area contributed by atoms with Crippen LogP contribution >= 0.6 is 0 Å². The maximum Gasteiger partial charge on any atom is 0.248 e. The quantitative estimate of drug-likeness (QED) is 0.830. The van der Waals surface area contributed by atoms with E-state index in [0.717, 1.165) is 11.8 Å². The Morgan fingerprint density at radius 2 is 2.19 bits per heavy atom. The number of hydrogen-bond acceptors (Lipinski definition) is 2. The molecule has 82 valence electrons. The Labute approximate surface area is 91.5 Å². The maximum absolute atomic E-state index is 13.6. The van der Waals surface area contributed by atoms with Crippen molar-refractivity contribution in [3.63, 3.8) is 0 Å². The maximum atomic E-state index is 13.6. The van der Waals surface area contributed by atoms with E-state index in [2.05, 4.69) is 5.10 Å². The third-order valence-corrected chi connectivity index (χ3v) is 2.20. The molecule has 1 heterocycles. The third kappa shape index (κ3) is 1.79. The first-order valence-corrected chi connectivity index (χ1v) is 4.70. The minimum atomic E-state index is -0.651. The first-order valence-electron chi connectivity index (χ1n) is 4.70. The van der Waals surface area contributed by atoms with Gasteiger partial charge in [0, 0.05) is 11.8 Å². The van der Waals surface area contributed by atoms with Gasteiger partial charge < -0.3 is 5.73 Å². The minimum Gasteiger partial charge on any atom is -0.366 e. The lowest BCUT2D eigenvalue weighted by Crippen LogP contribution is -2.11. The molecule has 0 fully saturated rings. The highest BCUT2D eigenvalue weighted by atomic mass is 19.1. The number of amides is 1. The summed E-state index contributed by atoms with van der Waals surface area (Å²) in [6.45, 7) is 1.81. The van der Waals surface area contributed by atoms with Crippen LogP contribution in [0.4, 0.5) is 4.39 Å². The molecule has 16 heavy (non-hydrogen) atoms. The summed E-state index contributed by atoms with van der Waals surface area (Å²) in [7, 11) is 0. The molecular weight excluding hydrogens is 209 g/mol. The number of nitrogens with two attached hydrogens (primary N) is 1. The molecule has 4 nitrogen and oxygen atoms in total. The lowest BCUT2D eigenvalue weighted by atomic mass is 10.2. The predicted octanol–water partition coefficient (Wildman–Crippen LogP) is 1.42. The second-order valence-corrected chi connectivity index (χ2v) is 3.43. The molecule has 0 bridgehead atoms. The zero-order chi connectivity index (χ0) is 11.7. The van der Waals surface area contributed by atoms with E-state index in [9.17, 15) is 9.18 Å². The lowest BCUT2D eigenvalue weighted by molar-refractivity contribution is 0.1000. The van der Waals surface area contributed by atoms with Crippen molar-refractivity contribution in [3.05, 3.63) is 47.5 Å². The molecule has 2 aromatic rings. The Bertz CT molecular complexity index is 548. The molecule has 1 amide bonds. The van der Waals surface area contributed by atoms with E-state index in [4.69, 9.17) is 5.73 Å². The number of aryl methyl sites for hydroxylation is 1. The normalized spacial score (nSPS) is 10.4. The highest BCUT2D eigenvalue weighted by Crippen LogP contribution is 2.14. The van der Waals surface area contributed by atoms with E-state index >= 15 is 0 Å². The minimum absolute atomic E-state index is 0.144. The molecule has 0 spiro atoms. The average Bonchev–Trinajstić information content (AvgIpc) is 2.64. The number of rotatable bonds is 2. The van der Waals surface area contributed by atoms with Gasteiger partial charge in [-0.1, -0.05) is 0 Å². The summed E-state index contributed by atoms with van der Waals surface area (Å²) >= 11 is 0. The van der Waals surface area contributed by atoms with Crippen molar-refractivity contribution >= 4 is 5.91 Å². The van der Waals surface area contributed by atoms with Gasteiger partial charge in [-0.25, -0.2) is 9.07 Å². The Hall–Kier alpha value is -2.17. The highest BCUT2D eigenvalue weighted by Gasteiger charge is 2.08. The van der Waals surface area contributed by atoms with Crippen LogP contribution in [0.25, 0.3) is 5.69 Å². The number of aromatic nitrogens is 2. The summed E-state index contributed by atoms with van der Waals surface area (Å²) in [4.78, 5) is 10.8. The fraction of sp³-hybridized carbons (Fsp3) is 0.0909. The SMILES string of the molecule is Cc1ccn(-c2ccc(C(N)=O)cc2F)n1. The first kappa shape index (κ1) is 10.4. The van der Waals surface area contributed by atoms with Gasteiger partial charge in [-0.05, 0) is 31.2 Å². The van der Waals surface area contributed by atoms with Gasteiger partial charge in [0.15, 0.2) is 0 Å². The monoisotopic (exact) mass is 219 g/mol. The number of primary amides is 1. The van der Waals surface area contributed by atoms with Crippen LogP contribution in [0.1, 0.15) is 16.1 Å². The van der Waals surface area contributed by atoms with Gasteiger partial charge in [-0.15, -0.1) is 0 Å². The second kappa shape index (κ2) is 3.77. The topological polar surface area (TPSA) is 60.9 Å². The zero-order valence-electron chi connectivity index (χ0n) is 8.64. The van der Waals surface area contributed by atoms with Crippen LogP contribution in [-0.2, 0) is 0 Å². The molecular formula is C11H10FN3O. The molecule has 0 saturated heterocycles. The molecule has 0 aliphatic heterocycles. The summed E-state index contributed by atoms with van der Waals surface area (Å²) in [6.07, 6.45) is 1.65. The van der Waals surface area contributed by atoms with Gasteiger partial charge in [-0.3, -0.25) is 4.79 Å². The molecule has 0 aliphatic rings. The van der Waals surface area contributed by atoms with E-state index in [1.165, 1.54) is 16.8 Å². The van der Waals surface area contributed by atoms with E-state index in [1.807, 2.05) is 6.92 Å². The van der Waals surface area contributed by atoms with Crippen molar-refractivity contribution in [2.45, 2.75) is 6.92 Å². The molecule has 0 unspecified atom stereocenters. The lowest BCUT2D eigenvalue weighted by Gasteiger charge is -2.04. The van der Waals surface area contributed by atoms with Gasteiger partial charge in [-0.2, -0.15) is 5.10 Å². The Kier molecular flexibility index (Phi) is 2.44. The summed E-state index contributed by atoms with van der Waals surface area (Å²) in [5, 5.41) is 4.08. The van der Waals surface area contributed by atoms with Crippen LogP contribution in [0.15, 0.2) is 30.5 Å². The molecule has 0 radical (unpaired) electrons. The first-order chi connectivity index (χ1) is 7.58. The molecule has 0 aliphatic carbocycles. The number of carbonyl (C=O) groups excluding carboxylic acids is 1. The Morgan fingerprint density at radius 3 is 2.69 bits per heavy atom. The second-order valence-electron chi connectivity index (χ2n) is 3.43. The number of carbonyl (C=O) groups is 1. The predicted molar refractivity (Wildman–Crippen MR) is 56.8 cm³/mol. The van der Waals surface area contributed by atoms with E-state index in [0.29, 0.717) is 0 Å². The third-order valence-electron chi connectivity index (χ3n) is 2.20. The van der Waals surface area contributed by atoms with Crippen LogP contribution in [0, 0.1) is 12.7 Å². The van der Waals surface area contributed by atoms with E-state index < -0.39 is 11.7 Å². The van der Waals surface area contributed by atoms with Gasteiger partial charge >= 0.3 is 0 Å². The van der Waals surface area contributed by atoms with Crippen molar-refractivity contribution in [2.24, 2.45) is 5.73 Å². The number of halogens is 1. The standard InChI is InChI=1S/C11H10FN3O/c1-7-4-5-15(14-7)10-3-2-8(11(13)16)6-9(10)12/h2-6H,1H3,(H2,13,16). The molecule has 1 aromatic carbocycles. The van der Waals surface area contributed by atoms with Gasteiger partial charge in [0.05, 0.1) is 5.69 Å². The van der Waals surface area contributed by atoms with E-state index in [-0.39, 0.29) is 11.3 Å². The van der Waals surface area contributed by atoms with Gasteiger partial charge in [0.1, 0.15) is 11.5 Å². The Balaban J connectivity index is 2.47. The van der Waals surface area contributed by atoms with Crippen LogP contribution < -0.4 is 5.73 Å². The molecule has 5 heteroatoms. The highest BCUT2D eigenvalue weighted by molar-refractivity contribution is 5.92. The summed E-state index contributed by atoms with van der Waals surface area (Å²) in [5.41, 5.74) is 6.27. The smallest absolute Gasteiger partial charge is 0.248 e. The molecule has 0 saturated carbocycles. The summed E-state index contributed by atoms with van der Waals surface area (Å²) in [5.74, 6) is -1.18. The van der Waals surface area contributed by atoms with Crippen molar-refractivity contribution < 1.29 is 9.18 Å². The zero-order valence-corrected chi connectivity index (χ0v) is 8.64. The Morgan fingerprint density at radius 1 is 1.44 bits per heavy atom. The molecule has 2 rings (SSSR count). The largest absolute Gasteiger partial charge is 0.366 e. The summed E-state index contributed by atoms with van der Waals surface area (Å²) in [6, 6.07) is 5.82. The number of nitrogens with zero attached hydrogens (tertiary/aromatic N) is 2. The van der Waals surface area contributed by atoms with E-state index in [1.54, 1.807) is 12.3 Å². The summed E-state index contributed by atoms with van der Waals surface area (Å²) < 4.78 is 15.0. The van der Waals surface area contributed by atoms with Crippen molar-refractivity contribution in [3.8, 4) is 5.69 Å². The fourth-order valence-corrected chi connectivity index (χ4v) is 1.40. The van der Waals surface area contributed by atoms with Crippen molar-refractivity contribution in [1.29, 1.82) is 0 Å². The van der Waals surface area contributed by atoms with Crippen molar-refractivity contribution in [1.82, 2.24) is 9.78 Å². The molecule has 0 atom stereocenters. The van der Waals surface area contributed by atoms with Crippen LogP contribution in [0.3, 0.4) is 0 Å². The van der Waals surface area contributed by atoms with Crippen LogP contribution in [0.2, 0.25) is 0 Å². The van der Waals surface area contributed by atoms with Gasteiger partial charge in [0.25, 0.3) is 0 Å². The molecule has 1 aromatic heterocycles. The average molecular weight is 219 g/mol.